The van der Waals surface area contributed by atoms with E-state index in [9.17, 15) is 19.5 Å². The van der Waals surface area contributed by atoms with Gasteiger partial charge in [-0.15, -0.1) is 13.2 Å². The van der Waals surface area contributed by atoms with Crippen molar-refractivity contribution in [3.63, 3.8) is 0 Å². The Kier molecular flexibility index (Phi) is 8.38. The third-order valence-corrected chi connectivity index (χ3v) is 9.22. The molecule has 4 rings (SSSR count). The van der Waals surface area contributed by atoms with Crippen LogP contribution in [0.25, 0.3) is 0 Å². The fourth-order valence-corrected chi connectivity index (χ4v) is 7.08. The number of benzene rings is 1. The van der Waals surface area contributed by atoms with Crippen LogP contribution in [0, 0.1) is 17.8 Å². The lowest BCUT2D eigenvalue weighted by Gasteiger charge is -2.41. The third kappa shape index (κ3) is 4.72. The third-order valence-electron chi connectivity index (χ3n) is 9.22. The molecule has 212 valence electrons. The number of nitrogens with zero attached hydrogens (tertiary/aromatic N) is 3. The average Bonchev–Trinajstić information content (AvgIpc) is 3.49. The molecule has 3 saturated heterocycles. The van der Waals surface area contributed by atoms with Gasteiger partial charge in [-0.1, -0.05) is 62.8 Å². The van der Waals surface area contributed by atoms with Crippen molar-refractivity contribution in [2.45, 2.75) is 69.9 Å². The van der Waals surface area contributed by atoms with Gasteiger partial charge in [-0.3, -0.25) is 14.4 Å². The number of hydrogen-bond acceptors (Lipinski definition) is 5. The molecule has 0 aliphatic carbocycles. The summed E-state index contributed by atoms with van der Waals surface area (Å²) in [5.41, 5.74) is -1.04. The standard InChI is InChI=1S/C31H43N3O5/c1-7-17-32(6)27(36)24-25-28(37)34(23(20-35)21(4)9-3)26(31(25)16-15-30(24,5)39-31)29(38)33(18-8-2)19-22-13-11-10-12-14-22/h7-8,10-14,21,23-26,35H,1-2,9,15-20H2,3-6H3/t21-,23-,24+,25-,26?,30-,31?/m0/s1. The summed E-state index contributed by atoms with van der Waals surface area (Å²) >= 11 is 0. The van der Waals surface area contributed by atoms with Crippen molar-refractivity contribution in [1.29, 1.82) is 0 Å². The molecule has 1 aromatic carbocycles. The van der Waals surface area contributed by atoms with Gasteiger partial charge in [-0.25, -0.2) is 0 Å². The number of likely N-dealkylation sites (tertiary alicyclic amines) is 1. The predicted molar refractivity (Wildman–Crippen MR) is 149 cm³/mol. The van der Waals surface area contributed by atoms with E-state index in [2.05, 4.69) is 13.2 Å². The molecule has 3 heterocycles. The van der Waals surface area contributed by atoms with Crippen molar-refractivity contribution in [2.24, 2.45) is 17.8 Å². The minimum atomic E-state index is -1.14. The highest BCUT2D eigenvalue weighted by molar-refractivity contribution is 5.99. The van der Waals surface area contributed by atoms with Gasteiger partial charge < -0.3 is 24.5 Å². The van der Waals surface area contributed by atoms with Crippen LogP contribution < -0.4 is 0 Å². The first kappa shape index (κ1) is 29.0. The number of aliphatic hydroxyl groups is 1. The lowest BCUT2D eigenvalue weighted by atomic mass is 9.66. The summed E-state index contributed by atoms with van der Waals surface area (Å²) in [6, 6.07) is 8.17. The number of amides is 3. The van der Waals surface area contributed by atoms with Gasteiger partial charge in [-0.05, 0) is 31.2 Å². The van der Waals surface area contributed by atoms with Gasteiger partial charge in [0.1, 0.15) is 11.6 Å². The number of aliphatic hydroxyl groups excluding tert-OH is 1. The number of carbonyl (C=O) groups excluding carboxylic acids is 3. The molecule has 7 atom stereocenters. The summed E-state index contributed by atoms with van der Waals surface area (Å²) in [5.74, 6) is -2.28. The summed E-state index contributed by atoms with van der Waals surface area (Å²) in [6.07, 6.45) is 5.12. The quantitative estimate of drug-likeness (QED) is 0.414. The largest absolute Gasteiger partial charge is 0.394 e. The second-order valence-corrected chi connectivity index (χ2v) is 11.6. The van der Waals surface area contributed by atoms with E-state index in [1.54, 1.807) is 33.9 Å². The van der Waals surface area contributed by atoms with Crippen LogP contribution in [0.4, 0.5) is 0 Å². The van der Waals surface area contributed by atoms with E-state index in [0.717, 1.165) is 12.0 Å². The second kappa shape index (κ2) is 11.3. The molecule has 2 unspecified atom stereocenters. The van der Waals surface area contributed by atoms with Crippen molar-refractivity contribution in [1.82, 2.24) is 14.7 Å². The monoisotopic (exact) mass is 537 g/mol. The van der Waals surface area contributed by atoms with E-state index in [0.29, 0.717) is 32.5 Å². The smallest absolute Gasteiger partial charge is 0.249 e. The maximum Gasteiger partial charge on any atom is 0.249 e. The molecule has 1 N–H and O–H groups in total. The molecule has 3 amide bonds. The maximum absolute atomic E-state index is 14.6. The second-order valence-electron chi connectivity index (χ2n) is 11.6. The normalized spacial score (nSPS) is 30.5. The van der Waals surface area contributed by atoms with Crippen LogP contribution in [-0.2, 0) is 25.7 Å². The Morgan fingerprint density at radius 2 is 1.85 bits per heavy atom. The number of fused-ring (bicyclic) bond motifs is 1. The van der Waals surface area contributed by atoms with E-state index >= 15 is 0 Å². The molecule has 0 radical (unpaired) electrons. The molecule has 2 bridgehead atoms. The van der Waals surface area contributed by atoms with E-state index in [1.165, 1.54) is 0 Å². The van der Waals surface area contributed by atoms with Gasteiger partial charge in [0.15, 0.2) is 0 Å². The lowest BCUT2D eigenvalue weighted by molar-refractivity contribution is -0.157. The molecule has 0 aromatic heterocycles. The first-order valence-electron chi connectivity index (χ1n) is 14.0. The Labute approximate surface area is 232 Å². The Bertz CT molecular complexity index is 1110. The SMILES string of the molecule is C=CCN(C)C(=O)[C@H]1[C@H]2C(=O)N([C@@H](CO)[C@@H](C)CC)C(C(=O)N(CC=C)Cc3ccccc3)C23CC[C@]1(C)O3. The van der Waals surface area contributed by atoms with E-state index in [-0.39, 0.29) is 30.2 Å². The zero-order valence-corrected chi connectivity index (χ0v) is 23.7. The van der Waals surface area contributed by atoms with Crippen molar-refractivity contribution >= 4 is 17.7 Å². The number of ether oxygens (including phenoxy) is 1. The zero-order valence-electron chi connectivity index (χ0n) is 23.7. The number of carbonyl (C=O) groups is 3. The average molecular weight is 538 g/mol. The molecule has 1 aromatic rings. The van der Waals surface area contributed by atoms with Gasteiger partial charge in [0.25, 0.3) is 0 Å². The minimum Gasteiger partial charge on any atom is -0.394 e. The Balaban J connectivity index is 1.82. The highest BCUT2D eigenvalue weighted by atomic mass is 16.5. The van der Waals surface area contributed by atoms with Gasteiger partial charge in [0.05, 0.1) is 30.1 Å². The summed E-state index contributed by atoms with van der Waals surface area (Å²) in [4.78, 5) is 47.7. The van der Waals surface area contributed by atoms with Crippen molar-refractivity contribution < 1.29 is 24.2 Å². The first-order chi connectivity index (χ1) is 18.6. The molecular weight excluding hydrogens is 494 g/mol. The van der Waals surface area contributed by atoms with Crippen LogP contribution in [0.15, 0.2) is 55.6 Å². The molecular formula is C31H43N3O5. The van der Waals surface area contributed by atoms with Crippen LogP contribution in [0.3, 0.4) is 0 Å². The molecule has 3 aliphatic heterocycles. The lowest BCUT2D eigenvalue weighted by Crippen LogP contribution is -2.59. The summed E-state index contributed by atoms with van der Waals surface area (Å²) in [5, 5.41) is 10.5. The highest BCUT2D eigenvalue weighted by Crippen LogP contribution is 2.64. The first-order valence-corrected chi connectivity index (χ1v) is 14.0. The summed E-state index contributed by atoms with van der Waals surface area (Å²) in [7, 11) is 1.70. The van der Waals surface area contributed by atoms with Crippen LogP contribution in [-0.4, -0.2) is 87.6 Å². The number of rotatable bonds is 12. The van der Waals surface area contributed by atoms with Crippen LogP contribution in [0.2, 0.25) is 0 Å². The van der Waals surface area contributed by atoms with Crippen molar-refractivity contribution in [3.8, 4) is 0 Å². The Morgan fingerprint density at radius 3 is 2.44 bits per heavy atom. The predicted octanol–water partition coefficient (Wildman–Crippen LogP) is 3.02. The molecule has 3 fully saturated rings. The zero-order chi connectivity index (χ0) is 28.5. The van der Waals surface area contributed by atoms with Crippen LogP contribution in [0.1, 0.15) is 45.6 Å². The van der Waals surface area contributed by atoms with E-state index < -0.39 is 35.1 Å². The van der Waals surface area contributed by atoms with E-state index in [4.69, 9.17) is 4.74 Å². The van der Waals surface area contributed by atoms with Gasteiger partial charge >= 0.3 is 0 Å². The molecule has 8 heteroatoms. The van der Waals surface area contributed by atoms with E-state index in [1.807, 2.05) is 51.1 Å². The molecule has 39 heavy (non-hydrogen) atoms. The topological polar surface area (TPSA) is 90.4 Å². The number of hydrogen-bond donors (Lipinski definition) is 1. The summed E-state index contributed by atoms with van der Waals surface area (Å²) < 4.78 is 6.76. The number of likely N-dealkylation sites (N-methyl/N-ethyl adjacent to an activating group) is 1. The van der Waals surface area contributed by atoms with Crippen LogP contribution in [0.5, 0.6) is 0 Å². The van der Waals surface area contributed by atoms with Crippen molar-refractivity contribution in [2.75, 3.05) is 26.7 Å². The van der Waals surface area contributed by atoms with Crippen LogP contribution >= 0.6 is 0 Å². The molecule has 1 spiro atoms. The fraction of sp³-hybridized carbons (Fsp3) is 0.581. The Hall–Kier alpha value is -2.97. The minimum absolute atomic E-state index is 0.0585. The van der Waals surface area contributed by atoms with Gasteiger partial charge in [0.2, 0.25) is 17.7 Å². The molecule has 0 saturated carbocycles. The highest BCUT2D eigenvalue weighted by Gasteiger charge is 2.78. The molecule has 8 nitrogen and oxygen atoms in total. The van der Waals surface area contributed by atoms with Gasteiger partial charge in [-0.2, -0.15) is 0 Å². The molecule has 3 aliphatic rings. The van der Waals surface area contributed by atoms with Crippen molar-refractivity contribution in [3.05, 3.63) is 61.2 Å². The summed E-state index contributed by atoms with van der Waals surface area (Å²) in [6.45, 7) is 14.2. The fourth-order valence-electron chi connectivity index (χ4n) is 7.08. The maximum atomic E-state index is 14.6. The Morgan fingerprint density at radius 1 is 1.18 bits per heavy atom. The van der Waals surface area contributed by atoms with Gasteiger partial charge in [0, 0.05) is 26.7 Å².